The highest BCUT2D eigenvalue weighted by atomic mass is 16.3. The van der Waals surface area contributed by atoms with E-state index < -0.39 is 0 Å². The minimum atomic E-state index is -0.288. The Morgan fingerprint density at radius 1 is 1.03 bits per heavy atom. The number of fused-ring (bicyclic) bond motifs is 2. The lowest BCUT2D eigenvalue weighted by atomic mass is 9.97. The first kappa shape index (κ1) is 22.1. The Kier molecular flexibility index (Phi) is 5.29. The number of anilines is 2. The van der Waals surface area contributed by atoms with Crippen molar-refractivity contribution < 1.29 is 5.11 Å². The molecule has 0 bridgehead atoms. The molecule has 4 heterocycles. The Hall–Kier alpha value is -3.38. The van der Waals surface area contributed by atoms with Gasteiger partial charge in [-0.15, -0.1) is 0 Å². The minimum absolute atomic E-state index is 0.288. The van der Waals surface area contributed by atoms with Gasteiger partial charge < -0.3 is 19.9 Å². The molecule has 2 aromatic carbocycles. The highest BCUT2D eigenvalue weighted by Gasteiger charge is 2.32. The molecule has 1 saturated heterocycles. The Labute approximate surface area is 206 Å². The lowest BCUT2D eigenvalue weighted by Gasteiger charge is -2.40. The normalized spacial score (nSPS) is 16.2. The molecule has 2 aliphatic rings. The van der Waals surface area contributed by atoms with Crippen molar-refractivity contribution in [2.24, 2.45) is 0 Å². The van der Waals surface area contributed by atoms with Crippen molar-refractivity contribution in [2.75, 3.05) is 29.4 Å². The van der Waals surface area contributed by atoms with Crippen molar-refractivity contribution in [3.63, 3.8) is 0 Å². The molecule has 0 spiro atoms. The van der Waals surface area contributed by atoms with Gasteiger partial charge in [-0.25, -0.2) is 9.97 Å². The van der Waals surface area contributed by atoms with E-state index in [0.29, 0.717) is 19.0 Å². The first-order valence-corrected chi connectivity index (χ1v) is 12.6. The van der Waals surface area contributed by atoms with Gasteiger partial charge in [-0.2, -0.15) is 0 Å². The van der Waals surface area contributed by atoms with Gasteiger partial charge in [0.15, 0.2) is 5.82 Å². The van der Waals surface area contributed by atoms with Crippen molar-refractivity contribution in [1.82, 2.24) is 15.0 Å². The standard InChI is InChI=1S/C29H33N5O/c1-17(2)20-9-8-18(3)26(12-20)33-11-10-24-23(16-33)29(34-14-21(35)15-34)32-28(31-24)22-6-5-7-25-27(22)19(4)13-30-25/h5-9,12-13,17,21,30,35H,10-11,14-16H2,1-4H3. The molecule has 6 heteroatoms. The molecule has 0 aliphatic carbocycles. The van der Waals surface area contributed by atoms with Crippen LogP contribution in [0, 0.1) is 13.8 Å². The Morgan fingerprint density at radius 2 is 1.86 bits per heavy atom. The van der Waals surface area contributed by atoms with Gasteiger partial charge in [-0.05, 0) is 48.6 Å². The largest absolute Gasteiger partial charge is 0.389 e. The number of nitrogens with one attached hydrogen (secondary N) is 1. The van der Waals surface area contributed by atoms with Gasteiger partial charge in [0.2, 0.25) is 0 Å². The van der Waals surface area contributed by atoms with Crippen molar-refractivity contribution in [1.29, 1.82) is 0 Å². The third-order valence-electron chi connectivity index (χ3n) is 7.58. The zero-order valence-corrected chi connectivity index (χ0v) is 21.0. The van der Waals surface area contributed by atoms with Gasteiger partial charge in [0.25, 0.3) is 0 Å². The minimum Gasteiger partial charge on any atom is -0.389 e. The van der Waals surface area contributed by atoms with E-state index in [1.54, 1.807) is 0 Å². The monoisotopic (exact) mass is 467 g/mol. The first-order chi connectivity index (χ1) is 16.9. The molecule has 0 unspecified atom stereocenters. The smallest absolute Gasteiger partial charge is 0.162 e. The second kappa shape index (κ2) is 8.38. The average molecular weight is 468 g/mol. The molecule has 6 nitrogen and oxygen atoms in total. The highest BCUT2D eigenvalue weighted by molar-refractivity contribution is 5.96. The van der Waals surface area contributed by atoms with Crippen LogP contribution in [0.25, 0.3) is 22.3 Å². The Morgan fingerprint density at radius 3 is 2.63 bits per heavy atom. The van der Waals surface area contributed by atoms with Crippen molar-refractivity contribution in [2.45, 2.75) is 52.7 Å². The molecule has 0 amide bonds. The number of hydrogen-bond acceptors (Lipinski definition) is 5. The van der Waals surface area contributed by atoms with E-state index in [1.165, 1.54) is 33.3 Å². The summed E-state index contributed by atoms with van der Waals surface area (Å²) in [4.78, 5) is 18.3. The van der Waals surface area contributed by atoms with Crippen LogP contribution in [-0.2, 0) is 13.0 Å². The maximum absolute atomic E-state index is 10.1. The summed E-state index contributed by atoms with van der Waals surface area (Å²) >= 11 is 0. The molecule has 2 aromatic heterocycles. The summed E-state index contributed by atoms with van der Waals surface area (Å²) in [7, 11) is 0. The van der Waals surface area contributed by atoms with Gasteiger partial charge in [0, 0.05) is 66.5 Å². The van der Waals surface area contributed by atoms with Crippen LogP contribution in [0.4, 0.5) is 11.5 Å². The second-order valence-electron chi connectivity index (χ2n) is 10.4. The molecule has 4 aromatic rings. The van der Waals surface area contributed by atoms with Crippen LogP contribution in [0.3, 0.4) is 0 Å². The maximum atomic E-state index is 10.1. The fourth-order valence-corrected chi connectivity index (χ4v) is 5.48. The van der Waals surface area contributed by atoms with Crippen molar-refractivity contribution >= 4 is 22.4 Å². The topological polar surface area (TPSA) is 68.3 Å². The predicted molar refractivity (Wildman–Crippen MR) is 142 cm³/mol. The number of aryl methyl sites for hydroxylation is 2. The zero-order chi connectivity index (χ0) is 24.3. The molecule has 180 valence electrons. The summed E-state index contributed by atoms with van der Waals surface area (Å²) in [5.74, 6) is 2.25. The third-order valence-corrected chi connectivity index (χ3v) is 7.58. The van der Waals surface area contributed by atoms with Crippen LogP contribution in [-0.4, -0.2) is 45.8 Å². The molecule has 0 saturated carbocycles. The summed E-state index contributed by atoms with van der Waals surface area (Å²) in [6.07, 6.45) is 2.64. The number of rotatable bonds is 4. The molecule has 2 aliphatic heterocycles. The number of β-amino-alcohol motifs (C(OH)–C–C–N with tert-alkyl or cyclic N) is 1. The predicted octanol–water partition coefficient (Wildman–Crippen LogP) is 5.11. The van der Waals surface area contributed by atoms with E-state index in [0.717, 1.165) is 47.9 Å². The quantitative estimate of drug-likeness (QED) is 0.437. The second-order valence-corrected chi connectivity index (χ2v) is 10.4. The van der Waals surface area contributed by atoms with Gasteiger partial charge >= 0.3 is 0 Å². The SMILES string of the molecule is Cc1ccc(C(C)C)cc1N1CCc2nc(-c3cccc4[nH]cc(C)c34)nc(N3CC(O)C3)c2C1. The lowest BCUT2D eigenvalue weighted by molar-refractivity contribution is 0.141. The number of aliphatic hydroxyl groups excluding tert-OH is 1. The van der Waals surface area contributed by atoms with Crippen LogP contribution >= 0.6 is 0 Å². The van der Waals surface area contributed by atoms with Crippen LogP contribution in [0.5, 0.6) is 0 Å². The number of H-pyrrole nitrogens is 1. The molecule has 0 radical (unpaired) electrons. The Balaban J connectivity index is 1.45. The van der Waals surface area contributed by atoms with E-state index in [4.69, 9.17) is 9.97 Å². The average Bonchev–Trinajstić information content (AvgIpc) is 3.22. The summed E-state index contributed by atoms with van der Waals surface area (Å²) in [6.45, 7) is 11.8. The van der Waals surface area contributed by atoms with Gasteiger partial charge in [0.1, 0.15) is 5.82 Å². The summed E-state index contributed by atoms with van der Waals surface area (Å²) in [5.41, 5.74) is 9.65. The molecule has 6 rings (SSSR count). The van der Waals surface area contributed by atoms with E-state index >= 15 is 0 Å². The summed E-state index contributed by atoms with van der Waals surface area (Å²) < 4.78 is 0. The number of aromatic nitrogens is 3. The number of benzene rings is 2. The molecular formula is C29H33N5O. The summed E-state index contributed by atoms with van der Waals surface area (Å²) in [6, 6.07) is 13.1. The Bertz CT molecular complexity index is 1420. The fourth-order valence-electron chi connectivity index (χ4n) is 5.48. The zero-order valence-electron chi connectivity index (χ0n) is 21.0. The van der Waals surface area contributed by atoms with Crippen LogP contribution < -0.4 is 9.80 Å². The number of aliphatic hydroxyl groups is 1. The van der Waals surface area contributed by atoms with Gasteiger partial charge in [0.05, 0.1) is 11.8 Å². The van der Waals surface area contributed by atoms with E-state index in [1.807, 2.05) is 6.20 Å². The molecule has 35 heavy (non-hydrogen) atoms. The summed E-state index contributed by atoms with van der Waals surface area (Å²) in [5, 5.41) is 11.3. The number of nitrogens with zero attached hydrogens (tertiary/aromatic N) is 4. The van der Waals surface area contributed by atoms with E-state index in [9.17, 15) is 5.11 Å². The van der Waals surface area contributed by atoms with Crippen molar-refractivity contribution in [3.8, 4) is 11.4 Å². The molecule has 2 N–H and O–H groups in total. The van der Waals surface area contributed by atoms with E-state index in [-0.39, 0.29) is 6.10 Å². The number of aromatic amines is 1. The molecule has 0 atom stereocenters. The van der Waals surface area contributed by atoms with Crippen LogP contribution in [0.1, 0.15) is 47.7 Å². The lowest BCUT2D eigenvalue weighted by Crippen LogP contribution is -2.52. The van der Waals surface area contributed by atoms with Crippen LogP contribution in [0.2, 0.25) is 0 Å². The first-order valence-electron chi connectivity index (χ1n) is 12.6. The highest BCUT2D eigenvalue weighted by Crippen LogP contribution is 2.37. The third kappa shape index (κ3) is 3.76. The van der Waals surface area contributed by atoms with Crippen molar-refractivity contribution in [3.05, 3.63) is 70.5 Å². The maximum Gasteiger partial charge on any atom is 0.162 e. The fraction of sp³-hybridized carbons (Fsp3) is 0.379. The van der Waals surface area contributed by atoms with Gasteiger partial charge in [-0.1, -0.05) is 38.1 Å². The molecule has 1 fully saturated rings. The number of hydrogen-bond donors (Lipinski definition) is 2. The molecular weight excluding hydrogens is 434 g/mol. The van der Waals surface area contributed by atoms with E-state index in [2.05, 4.69) is 78.9 Å². The van der Waals surface area contributed by atoms with Crippen LogP contribution in [0.15, 0.2) is 42.6 Å². The van der Waals surface area contributed by atoms with Gasteiger partial charge in [-0.3, -0.25) is 0 Å².